The molecule has 0 spiro atoms. The highest BCUT2D eigenvalue weighted by Gasteiger charge is 2.36. The topological polar surface area (TPSA) is 75.4 Å². The Morgan fingerprint density at radius 1 is 1.30 bits per heavy atom. The van der Waals surface area contributed by atoms with Gasteiger partial charge in [-0.25, -0.2) is 13.6 Å². The highest BCUT2D eigenvalue weighted by atomic mass is 32.2. The van der Waals surface area contributed by atoms with Crippen LogP contribution in [0.1, 0.15) is 24.8 Å². The molecule has 3 rings (SSSR count). The maximum Gasteiger partial charge on any atom is 0.238 e. The van der Waals surface area contributed by atoms with E-state index in [9.17, 15) is 8.42 Å². The van der Waals surface area contributed by atoms with Gasteiger partial charge in [0.2, 0.25) is 10.0 Å². The lowest BCUT2D eigenvalue weighted by Crippen LogP contribution is -2.38. The third-order valence-corrected chi connectivity index (χ3v) is 5.31. The van der Waals surface area contributed by atoms with E-state index in [0.29, 0.717) is 18.6 Å². The number of hydrogen-bond donors (Lipinski definition) is 2. The van der Waals surface area contributed by atoms with Crippen LogP contribution in [0.25, 0.3) is 0 Å². The quantitative estimate of drug-likeness (QED) is 0.855. The van der Waals surface area contributed by atoms with Gasteiger partial charge in [-0.1, -0.05) is 12.1 Å². The van der Waals surface area contributed by atoms with E-state index >= 15 is 0 Å². The molecule has 0 aliphatic carbocycles. The van der Waals surface area contributed by atoms with Gasteiger partial charge in [0, 0.05) is 25.2 Å². The van der Waals surface area contributed by atoms with Crippen LogP contribution in [0.5, 0.6) is 0 Å². The van der Waals surface area contributed by atoms with Crippen molar-refractivity contribution >= 4 is 10.0 Å². The van der Waals surface area contributed by atoms with Crippen molar-refractivity contribution in [3.63, 3.8) is 0 Å². The molecule has 2 aliphatic heterocycles. The van der Waals surface area contributed by atoms with Crippen molar-refractivity contribution in [3.05, 3.63) is 29.8 Å². The van der Waals surface area contributed by atoms with E-state index in [-0.39, 0.29) is 4.90 Å². The molecular weight excluding hydrogens is 274 g/mol. The van der Waals surface area contributed by atoms with Crippen molar-refractivity contribution in [2.45, 2.75) is 42.8 Å². The van der Waals surface area contributed by atoms with Crippen molar-refractivity contribution in [1.82, 2.24) is 10.2 Å². The van der Waals surface area contributed by atoms with Crippen LogP contribution in [-0.4, -0.2) is 38.5 Å². The number of primary sulfonamides is 1. The lowest BCUT2D eigenvalue weighted by atomic mass is 10.1. The Bertz CT molecular complexity index is 588. The number of rotatable bonds is 4. The Morgan fingerprint density at radius 3 is 2.95 bits per heavy atom. The third-order valence-electron chi connectivity index (χ3n) is 4.40. The fourth-order valence-electron chi connectivity index (χ4n) is 3.40. The monoisotopic (exact) mass is 295 g/mol. The number of sulfonamides is 1. The Morgan fingerprint density at radius 2 is 2.15 bits per heavy atom. The molecule has 2 unspecified atom stereocenters. The predicted molar refractivity (Wildman–Crippen MR) is 77.7 cm³/mol. The molecule has 2 aliphatic rings. The summed E-state index contributed by atoms with van der Waals surface area (Å²) in [6, 6.07) is 8.06. The summed E-state index contributed by atoms with van der Waals surface area (Å²) in [6.45, 7) is 3.10. The van der Waals surface area contributed by atoms with Gasteiger partial charge in [0.25, 0.3) is 0 Å². The van der Waals surface area contributed by atoms with Gasteiger partial charge in [-0.2, -0.15) is 0 Å². The molecule has 2 saturated heterocycles. The molecule has 2 atom stereocenters. The predicted octanol–water partition coefficient (Wildman–Crippen LogP) is 0.660. The zero-order chi connectivity index (χ0) is 14.2. The SMILES string of the molecule is NS(=O)(=O)c1cccc(CNC2CCN3CCCC23)c1. The summed E-state index contributed by atoms with van der Waals surface area (Å²) in [5, 5.41) is 8.73. The van der Waals surface area contributed by atoms with Crippen molar-refractivity contribution < 1.29 is 8.42 Å². The summed E-state index contributed by atoms with van der Waals surface area (Å²) in [5.41, 5.74) is 0.966. The van der Waals surface area contributed by atoms with E-state index in [1.807, 2.05) is 6.07 Å². The molecule has 0 aromatic heterocycles. The van der Waals surface area contributed by atoms with Crippen LogP contribution in [0, 0.1) is 0 Å². The first kappa shape index (κ1) is 14.0. The van der Waals surface area contributed by atoms with Crippen LogP contribution in [0.2, 0.25) is 0 Å². The molecule has 0 saturated carbocycles. The van der Waals surface area contributed by atoms with Crippen LogP contribution in [0.3, 0.4) is 0 Å². The Balaban J connectivity index is 1.64. The fourth-order valence-corrected chi connectivity index (χ4v) is 3.99. The molecule has 110 valence electrons. The van der Waals surface area contributed by atoms with E-state index in [0.717, 1.165) is 5.56 Å². The second kappa shape index (κ2) is 5.44. The van der Waals surface area contributed by atoms with Crippen LogP contribution in [0.15, 0.2) is 29.2 Å². The minimum absolute atomic E-state index is 0.186. The lowest BCUT2D eigenvalue weighted by molar-refractivity contribution is 0.298. The second-order valence-corrected chi connectivity index (χ2v) is 7.28. The number of hydrogen-bond acceptors (Lipinski definition) is 4. The molecule has 0 radical (unpaired) electrons. The Labute approximate surface area is 120 Å². The van der Waals surface area contributed by atoms with Crippen LogP contribution in [0.4, 0.5) is 0 Å². The lowest BCUT2D eigenvalue weighted by Gasteiger charge is -2.21. The van der Waals surface area contributed by atoms with Gasteiger partial charge in [-0.3, -0.25) is 4.90 Å². The van der Waals surface area contributed by atoms with E-state index in [2.05, 4.69) is 10.2 Å². The maximum atomic E-state index is 11.3. The molecule has 5 nitrogen and oxygen atoms in total. The molecule has 2 heterocycles. The van der Waals surface area contributed by atoms with E-state index in [4.69, 9.17) is 5.14 Å². The number of nitrogens with two attached hydrogens (primary N) is 1. The standard InChI is InChI=1S/C14H21N3O2S/c15-20(18,19)12-4-1-3-11(9-12)10-16-13-6-8-17-7-2-5-14(13)17/h1,3-4,9,13-14,16H,2,5-8,10H2,(H2,15,18,19). The molecule has 0 bridgehead atoms. The van der Waals surface area contributed by atoms with Crippen LogP contribution >= 0.6 is 0 Å². The first-order chi connectivity index (χ1) is 9.54. The molecule has 1 aromatic rings. The summed E-state index contributed by atoms with van der Waals surface area (Å²) in [7, 11) is -3.61. The highest BCUT2D eigenvalue weighted by Crippen LogP contribution is 2.28. The van der Waals surface area contributed by atoms with Crippen molar-refractivity contribution in [2.24, 2.45) is 5.14 Å². The smallest absolute Gasteiger partial charge is 0.238 e. The molecule has 1 aromatic carbocycles. The van der Waals surface area contributed by atoms with Crippen LogP contribution < -0.4 is 10.5 Å². The summed E-state index contributed by atoms with van der Waals surface area (Å²) in [6.07, 6.45) is 3.75. The van der Waals surface area contributed by atoms with E-state index in [1.54, 1.807) is 12.1 Å². The summed E-state index contributed by atoms with van der Waals surface area (Å²) >= 11 is 0. The maximum absolute atomic E-state index is 11.3. The second-order valence-electron chi connectivity index (χ2n) is 5.71. The van der Waals surface area contributed by atoms with Gasteiger partial charge in [0.1, 0.15) is 0 Å². The minimum Gasteiger partial charge on any atom is -0.308 e. The fraction of sp³-hybridized carbons (Fsp3) is 0.571. The van der Waals surface area contributed by atoms with Gasteiger partial charge in [0.15, 0.2) is 0 Å². The van der Waals surface area contributed by atoms with Crippen molar-refractivity contribution in [3.8, 4) is 0 Å². The van der Waals surface area contributed by atoms with Gasteiger partial charge >= 0.3 is 0 Å². The van der Waals surface area contributed by atoms with Gasteiger partial charge < -0.3 is 5.32 Å². The molecule has 2 fully saturated rings. The number of nitrogens with one attached hydrogen (secondary N) is 1. The molecule has 3 N–H and O–H groups in total. The average molecular weight is 295 g/mol. The van der Waals surface area contributed by atoms with Gasteiger partial charge in [0.05, 0.1) is 4.90 Å². The average Bonchev–Trinajstić information content (AvgIpc) is 2.99. The number of fused-ring (bicyclic) bond motifs is 1. The van der Waals surface area contributed by atoms with Gasteiger partial charge in [-0.15, -0.1) is 0 Å². The summed E-state index contributed by atoms with van der Waals surface area (Å²) in [5.74, 6) is 0. The Kier molecular flexibility index (Phi) is 3.81. The van der Waals surface area contributed by atoms with Gasteiger partial charge in [-0.05, 0) is 43.5 Å². The minimum atomic E-state index is -3.61. The number of benzene rings is 1. The number of nitrogens with zero attached hydrogens (tertiary/aromatic N) is 1. The summed E-state index contributed by atoms with van der Waals surface area (Å²) < 4.78 is 22.7. The molecule has 20 heavy (non-hydrogen) atoms. The van der Waals surface area contributed by atoms with Crippen molar-refractivity contribution in [1.29, 1.82) is 0 Å². The van der Waals surface area contributed by atoms with Crippen molar-refractivity contribution in [2.75, 3.05) is 13.1 Å². The largest absolute Gasteiger partial charge is 0.308 e. The Hall–Kier alpha value is -0.950. The zero-order valence-corrected chi connectivity index (χ0v) is 12.3. The van der Waals surface area contributed by atoms with E-state index in [1.165, 1.54) is 38.4 Å². The molecular formula is C14H21N3O2S. The highest BCUT2D eigenvalue weighted by molar-refractivity contribution is 7.89. The third kappa shape index (κ3) is 2.88. The first-order valence-electron chi connectivity index (χ1n) is 7.13. The van der Waals surface area contributed by atoms with Crippen LogP contribution in [-0.2, 0) is 16.6 Å². The summed E-state index contributed by atoms with van der Waals surface area (Å²) in [4.78, 5) is 2.74. The normalized spacial score (nSPS) is 26.9. The first-order valence-corrected chi connectivity index (χ1v) is 8.68. The van der Waals surface area contributed by atoms with E-state index < -0.39 is 10.0 Å². The molecule has 0 amide bonds. The zero-order valence-electron chi connectivity index (χ0n) is 11.5. The molecule has 6 heteroatoms.